The number of carbonyl (C=O) groups excluding carboxylic acids is 1. The molecule has 2 aromatic carbocycles. The van der Waals surface area contributed by atoms with Crippen molar-refractivity contribution in [3.05, 3.63) is 62.0 Å². The highest BCUT2D eigenvalue weighted by Gasteiger charge is 2.25. The molecule has 0 radical (unpaired) electrons. The van der Waals surface area contributed by atoms with Gasteiger partial charge in [0.2, 0.25) is 0 Å². The van der Waals surface area contributed by atoms with Gasteiger partial charge in [-0.15, -0.1) is 23.7 Å². The van der Waals surface area contributed by atoms with Crippen LogP contribution < -0.4 is 4.90 Å². The number of nitro groups is 1. The zero-order valence-corrected chi connectivity index (χ0v) is 21.9. The van der Waals surface area contributed by atoms with E-state index in [9.17, 15) is 14.9 Å². The summed E-state index contributed by atoms with van der Waals surface area (Å²) in [5.74, 6) is -0.167. The van der Waals surface area contributed by atoms with Crippen molar-refractivity contribution in [2.75, 3.05) is 44.3 Å². The van der Waals surface area contributed by atoms with Crippen molar-refractivity contribution in [2.45, 2.75) is 6.92 Å². The smallest absolute Gasteiger partial charge is 0.270 e. The maximum absolute atomic E-state index is 13.7. The summed E-state index contributed by atoms with van der Waals surface area (Å²) in [6, 6.07) is 10.1. The van der Waals surface area contributed by atoms with Crippen LogP contribution in [0.15, 0.2) is 36.4 Å². The van der Waals surface area contributed by atoms with Crippen LogP contribution in [0.1, 0.15) is 15.2 Å². The molecular formula is C23H22Cl2N4O4S2. The number of non-ortho nitro benzene ring substituents is 1. The third-order valence-electron chi connectivity index (χ3n) is 5.78. The number of amides is 1. The lowest BCUT2D eigenvalue weighted by molar-refractivity contribution is -0.384. The second-order valence-electron chi connectivity index (χ2n) is 8.07. The predicted molar refractivity (Wildman–Crippen MR) is 144 cm³/mol. The molecule has 0 bridgehead atoms. The Bertz CT molecular complexity index is 1400. The molecule has 1 aliphatic heterocycles. The summed E-state index contributed by atoms with van der Waals surface area (Å²) in [7, 11) is 0. The number of thiophene rings is 1. The quantitative estimate of drug-likeness (QED) is 0.222. The topological polar surface area (TPSA) is 88.8 Å². The van der Waals surface area contributed by atoms with Gasteiger partial charge in [-0.1, -0.05) is 22.9 Å². The van der Waals surface area contributed by atoms with Crippen LogP contribution >= 0.6 is 46.7 Å². The van der Waals surface area contributed by atoms with Crippen LogP contribution in [0, 0.1) is 17.0 Å². The number of nitrogens with zero attached hydrogens (tertiary/aromatic N) is 4. The van der Waals surface area contributed by atoms with Gasteiger partial charge in [0.15, 0.2) is 5.13 Å². The van der Waals surface area contributed by atoms with Crippen molar-refractivity contribution in [3.8, 4) is 0 Å². The van der Waals surface area contributed by atoms with E-state index >= 15 is 0 Å². The molecule has 1 aliphatic rings. The fraction of sp³-hybridized carbons (Fsp3) is 0.304. The molecular weight excluding hydrogens is 531 g/mol. The van der Waals surface area contributed by atoms with Gasteiger partial charge in [0.1, 0.15) is 0 Å². The summed E-state index contributed by atoms with van der Waals surface area (Å²) in [5, 5.41) is 13.1. The first-order valence-electron chi connectivity index (χ1n) is 10.8. The molecule has 0 saturated carbocycles. The largest absolute Gasteiger partial charge is 0.379 e. The number of halogens is 2. The Morgan fingerprint density at radius 1 is 1.20 bits per heavy atom. The number of hydrogen-bond acceptors (Lipinski definition) is 8. The number of ether oxygens (including phenoxy) is 1. The highest BCUT2D eigenvalue weighted by atomic mass is 35.5. The minimum atomic E-state index is -0.429. The molecule has 4 aromatic rings. The lowest BCUT2D eigenvalue weighted by Gasteiger charge is -2.29. The first-order valence-corrected chi connectivity index (χ1v) is 12.8. The molecule has 3 heterocycles. The Balaban J connectivity index is 0.00000289. The SMILES string of the molecule is Cc1cc(Cl)cc2sc(N(CCN3CCOCC3)C(=O)c3cc4cc([N+](=O)[O-])ccc4s3)nc12.Cl. The standard InChI is InChI=1S/C23H21ClN4O4S2.ClH/c1-14-10-16(24)13-19-21(14)25-23(34-19)27(5-4-26-6-8-32-9-7-26)22(29)20-12-15-11-17(28(30)31)2-3-18(15)33-20;/h2-3,10-13H,4-9H2,1H3;1H. The highest BCUT2D eigenvalue weighted by molar-refractivity contribution is 7.23. The summed E-state index contributed by atoms with van der Waals surface area (Å²) in [4.78, 5) is 33.8. The van der Waals surface area contributed by atoms with E-state index in [1.54, 1.807) is 17.0 Å². The third kappa shape index (κ3) is 5.42. The number of nitro benzene ring substituents is 1. The Morgan fingerprint density at radius 2 is 1.97 bits per heavy atom. The van der Waals surface area contributed by atoms with Crippen molar-refractivity contribution in [3.63, 3.8) is 0 Å². The van der Waals surface area contributed by atoms with Gasteiger partial charge in [0, 0.05) is 53.4 Å². The summed E-state index contributed by atoms with van der Waals surface area (Å²) < 4.78 is 7.20. The van der Waals surface area contributed by atoms with Crippen LogP contribution in [0.3, 0.4) is 0 Å². The van der Waals surface area contributed by atoms with E-state index in [-0.39, 0.29) is 24.0 Å². The first kappa shape index (κ1) is 25.7. The predicted octanol–water partition coefficient (Wildman–Crippen LogP) is 5.78. The Hall–Kier alpha value is -2.34. The molecule has 1 saturated heterocycles. The minimum absolute atomic E-state index is 0. The lowest BCUT2D eigenvalue weighted by atomic mass is 10.2. The molecule has 1 amide bonds. The molecule has 2 aromatic heterocycles. The van der Waals surface area contributed by atoms with Gasteiger partial charge in [0.05, 0.1) is 33.2 Å². The van der Waals surface area contributed by atoms with Gasteiger partial charge in [0.25, 0.3) is 11.6 Å². The molecule has 35 heavy (non-hydrogen) atoms. The fourth-order valence-corrected chi connectivity index (χ4v) is 6.43. The number of benzene rings is 2. The number of carbonyl (C=O) groups is 1. The summed E-state index contributed by atoms with van der Waals surface area (Å²) >= 11 is 9.02. The average molecular weight is 553 g/mol. The molecule has 1 fully saturated rings. The van der Waals surface area contributed by atoms with Gasteiger partial charge in [-0.3, -0.25) is 24.7 Å². The number of fused-ring (bicyclic) bond motifs is 2. The lowest BCUT2D eigenvalue weighted by Crippen LogP contribution is -2.43. The number of hydrogen-bond donors (Lipinski definition) is 0. The fourth-order valence-electron chi connectivity index (χ4n) is 3.99. The van der Waals surface area contributed by atoms with Gasteiger partial charge < -0.3 is 4.74 Å². The molecule has 0 atom stereocenters. The van der Waals surface area contributed by atoms with Gasteiger partial charge in [-0.25, -0.2) is 4.98 Å². The second-order valence-corrected chi connectivity index (χ2v) is 10.6. The molecule has 0 spiro atoms. The van der Waals surface area contributed by atoms with Crippen LogP contribution in [-0.2, 0) is 4.74 Å². The van der Waals surface area contributed by atoms with Crippen molar-refractivity contribution in [2.24, 2.45) is 0 Å². The zero-order chi connectivity index (χ0) is 23.8. The summed E-state index contributed by atoms with van der Waals surface area (Å²) in [6.45, 7) is 6.13. The van der Waals surface area contributed by atoms with Crippen LogP contribution in [0.5, 0.6) is 0 Å². The third-order valence-corrected chi connectivity index (χ3v) is 8.13. The van der Waals surface area contributed by atoms with Crippen LogP contribution in [0.25, 0.3) is 20.3 Å². The van der Waals surface area contributed by atoms with Crippen LogP contribution in [0.2, 0.25) is 5.02 Å². The minimum Gasteiger partial charge on any atom is -0.379 e. The van der Waals surface area contributed by atoms with Crippen molar-refractivity contribution < 1.29 is 14.5 Å². The molecule has 0 unspecified atom stereocenters. The second kappa shape index (κ2) is 10.7. The van der Waals surface area contributed by atoms with Crippen LogP contribution in [0.4, 0.5) is 10.8 Å². The molecule has 184 valence electrons. The average Bonchev–Trinajstić information content (AvgIpc) is 3.43. The zero-order valence-electron chi connectivity index (χ0n) is 18.7. The van der Waals surface area contributed by atoms with Gasteiger partial charge in [-0.2, -0.15) is 0 Å². The number of morpholine rings is 1. The maximum atomic E-state index is 13.7. The molecule has 5 rings (SSSR count). The van der Waals surface area contributed by atoms with E-state index in [2.05, 4.69) is 4.90 Å². The number of aromatic nitrogens is 1. The maximum Gasteiger partial charge on any atom is 0.270 e. The Labute approximate surface area is 220 Å². The van der Waals surface area contributed by atoms with E-state index in [1.807, 2.05) is 19.1 Å². The first-order chi connectivity index (χ1) is 16.4. The van der Waals surface area contributed by atoms with Crippen molar-refractivity contribution in [1.82, 2.24) is 9.88 Å². The molecule has 0 aliphatic carbocycles. The normalized spacial score (nSPS) is 14.2. The van der Waals surface area contributed by atoms with E-state index in [0.717, 1.165) is 33.6 Å². The van der Waals surface area contributed by atoms with Gasteiger partial charge in [-0.05, 0) is 36.8 Å². The highest BCUT2D eigenvalue weighted by Crippen LogP contribution is 2.35. The van der Waals surface area contributed by atoms with E-state index in [4.69, 9.17) is 21.3 Å². The monoisotopic (exact) mass is 552 g/mol. The Kier molecular flexibility index (Phi) is 7.89. The van der Waals surface area contributed by atoms with E-state index in [0.29, 0.717) is 46.7 Å². The number of thiazole rings is 1. The molecule has 8 nitrogen and oxygen atoms in total. The van der Waals surface area contributed by atoms with Crippen molar-refractivity contribution >= 4 is 83.7 Å². The van der Waals surface area contributed by atoms with E-state index in [1.165, 1.54) is 34.8 Å². The number of rotatable bonds is 6. The summed E-state index contributed by atoms with van der Waals surface area (Å²) in [6.07, 6.45) is 0. The number of aryl methyl sites for hydroxylation is 1. The number of anilines is 1. The molecule has 0 N–H and O–H groups in total. The van der Waals surface area contributed by atoms with E-state index < -0.39 is 4.92 Å². The van der Waals surface area contributed by atoms with Crippen molar-refractivity contribution in [1.29, 1.82) is 0 Å². The van der Waals surface area contributed by atoms with Crippen LogP contribution in [-0.4, -0.2) is 60.1 Å². The summed E-state index contributed by atoms with van der Waals surface area (Å²) in [5.41, 5.74) is 1.80. The van der Waals surface area contributed by atoms with Gasteiger partial charge >= 0.3 is 0 Å². The molecule has 12 heteroatoms. The Morgan fingerprint density at radius 3 is 2.71 bits per heavy atom.